The fourth-order valence-electron chi connectivity index (χ4n) is 3.82. The number of rotatable bonds is 7. The van der Waals surface area contributed by atoms with E-state index < -0.39 is 42.3 Å². The molecule has 0 aliphatic rings. The molecule has 4 rings (SSSR count). The molecule has 3 aromatic carbocycles. The van der Waals surface area contributed by atoms with Crippen LogP contribution in [0.5, 0.6) is 5.75 Å². The molecule has 1 heterocycles. The summed E-state index contributed by atoms with van der Waals surface area (Å²) < 4.78 is 55.3. The Balaban J connectivity index is 1.76. The lowest BCUT2D eigenvalue weighted by atomic mass is 9.94. The highest BCUT2D eigenvalue weighted by molar-refractivity contribution is 6.39. The van der Waals surface area contributed by atoms with Gasteiger partial charge in [0.25, 0.3) is 5.91 Å². The summed E-state index contributed by atoms with van der Waals surface area (Å²) in [6, 6.07) is 10.6. The summed E-state index contributed by atoms with van der Waals surface area (Å²) >= 11 is 12.2. The largest absolute Gasteiger partial charge is 0.496 e. The first-order valence-corrected chi connectivity index (χ1v) is 11.1. The number of ether oxygens (including phenoxy) is 1. The molecule has 184 valence electrons. The topological polar surface area (TPSA) is 88.5 Å². The Bertz CT molecular complexity index is 1580. The molecule has 4 aromatic rings. The minimum Gasteiger partial charge on any atom is -0.496 e. The number of pyridine rings is 1. The van der Waals surface area contributed by atoms with E-state index in [4.69, 9.17) is 32.1 Å². The van der Waals surface area contributed by atoms with Gasteiger partial charge in [-0.25, -0.2) is 13.6 Å². The molecule has 0 fully saturated rings. The summed E-state index contributed by atoms with van der Waals surface area (Å²) in [7, 11) is -2.94. The van der Waals surface area contributed by atoms with Crippen LogP contribution in [0.3, 0.4) is 0 Å². The van der Waals surface area contributed by atoms with Gasteiger partial charge in [0, 0.05) is 29.6 Å². The zero-order valence-electron chi connectivity index (χ0n) is 21.2. The van der Waals surface area contributed by atoms with E-state index in [9.17, 15) is 23.5 Å². The minimum atomic E-state index is -2.94. The fourth-order valence-corrected chi connectivity index (χ4v) is 4.39. The van der Waals surface area contributed by atoms with E-state index in [1.807, 2.05) is 0 Å². The van der Waals surface area contributed by atoms with Crippen LogP contribution in [0.25, 0.3) is 22.0 Å². The van der Waals surface area contributed by atoms with Crippen molar-refractivity contribution in [3.63, 3.8) is 0 Å². The maximum atomic E-state index is 14.2. The third-order valence-corrected chi connectivity index (χ3v) is 6.12. The molecular formula is C26H18Cl2F2N2O4. The van der Waals surface area contributed by atoms with Gasteiger partial charge in [-0.15, -0.1) is 0 Å². The number of aliphatic carboxylic acids is 1. The number of nitrogens with zero attached hydrogens (tertiary/aromatic N) is 1. The van der Waals surface area contributed by atoms with Crippen molar-refractivity contribution in [2.75, 3.05) is 7.04 Å². The number of aromatic nitrogens is 1. The summed E-state index contributed by atoms with van der Waals surface area (Å²) in [5.74, 6) is -5.07. The van der Waals surface area contributed by atoms with Crippen LogP contribution >= 0.6 is 23.2 Å². The Morgan fingerprint density at radius 1 is 1.08 bits per heavy atom. The van der Waals surface area contributed by atoms with Crippen LogP contribution in [-0.4, -0.2) is 35.0 Å². The quantitative estimate of drug-likeness (QED) is 0.307. The van der Waals surface area contributed by atoms with Crippen LogP contribution in [0.2, 0.25) is 10.0 Å². The van der Waals surface area contributed by atoms with Gasteiger partial charge in [0.15, 0.2) is 11.6 Å². The third-order valence-electron chi connectivity index (χ3n) is 5.49. The van der Waals surface area contributed by atoms with Gasteiger partial charge in [0.05, 0.1) is 32.3 Å². The summed E-state index contributed by atoms with van der Waals surface area (Å²) in [6.07, 6.45) is 1.23. The van der Waals surface area contributed by atoms with E-state index in [1.165, 1.54) is 36.5 Å². The summed E-state index contributed by atoms with van der Waals surface area (Å²) in [5, 5.41) is 12.7. The predicted octanol–water partition coefficient (Wildman–Crippen LogP) is 5.92. The van der Waals surface area contributed by atoms with Crippen molar-refractivity contribution >= 4 is 46.0 Å². The number of carboxylic acid groups (broad SMARTS) is 1. The lowest BCUT2D eigenvalue weighted by molar-refractivity contribution is -0.139. The monoisotopic (exact) mass is 533 g/mol. The average Bonchev–Trinajstić information content (AvgIpc) is 2.85. The van der Waals surface area contributed by atoms with Crippen molar-refractivity contribution in [1.29, 1.82) is 0 Å². The molecule has 6 nitrogen and oxygen atoms in total. The molecule has 0 aliphatic heterocycles. The Labute approximate surface area is 218 Å². The third kappa shape index (κ3) is 4.96. The number of hydrogen-bond acceptors (Lipinski definition) is 4. The van der Waals surface area contributed by atoms with Gasteiger partial charge in [-0.1, -0.05) is 47.5 Å². The first-order valence-electron chi connectivity index (χ1n) is 11.9. The number of benzene rings is 3. The van der Waals surface area contributed by atoms with Crippen molar-refractivity contribution in [3.8, 4) is 16.9 Å². The lowest BCUT2D eigenvalue weighted by Crippen LogP contribution is -2.42. The summed E-state index contributed by atoms with van der Waals surface area (Å²) in [5.41, 5.74) is 0.819. The second kappa shape index (κ2) is 10.5. The summed E-state index contributed by atoms with van der Waals surface area (Å²) in [6.45, 7) is 0. The molecule has 2 N–H and O–H groups in total. The molecular weight excluding hydrogens is 513 g/mol. The van der Waals surface area contributed by atoms with Crippen molar-refractivity contribution in [2.45, 2.75) is 12.5 Å². The van der Waals surface area contributed by atoms with Gasteiger partial charge in [-0.3, -0.25) is 9.78 Å². The van der Waals surface area contributed by atoms with Crippen LogP contribution in [0, 0.1) is 11.6 Å². The van der Waals surface area contributed by atoms with Gasteiger partial charge in [0.2, 0.25) is 0 Å². The highest BCUT2D eigenvalue weighted by atomic mass is 35.5. The Morgan fingerprint density at radius 3 is 2.50 bits per heavy atom. The number of amides is 1. The number of halogens is 4. The van der Waals surface area contributed by atoms with Crippen LogP contribution in [0.4, 0.5) is 8.78 Å². The molecule has 1 atom stereocenters. The lowest BCUT2D eigenvalue weighted by Gasteiger charge is -2.18. The van der Waals surface area contributed by atoms with Crippen molar-refractivity contribution < 1.29 is 32.3 Å². The first-order chi connectivity index (χ1) is 18.4. The second-order valence-corrected chi connectivity index (χ2v) is 8.52. The van der Waals surface area contributed by atoms with E-state index in [0.717, 1.165) is 6.07 Å². The molecule has 1 amide bonds. The van der Waals surface area contributed by atoms with Crippen LogP contribution in [0.15, 0.2) is 60.8 Å². The summed E-state index contributed by atoms with van der Waals surface area (Å²) in [4.78, 5) is 29.2. The van der Waals surface area contributed by atoms with Gasteiger partial charge in [-0.05, 0) is 35.4 Å². The number of fused-ring (bicyclic) bond motifs is 1. The maximum absolute atomic E-state index is 14.2. The molecule has 0 unspecified atom stereocenters. The molecule has 1 aromatic heterocycles. The maximum Gasteiger partial charge on any atom is 0.326 e. The molecule has 10 heteroatoms. The molecule has 0 aliphatic carbocycles. The average molecular weight is 534 g/mol. The van der Waals surface area contributed by atoms with E-state index in [0.29, 0.717) is 17.0 Å². The zero-order valence-corrected chi connectivity index (χ0v) is 19.7. The van der Waals surface area contributed by atoms with E-state index in [1.54, 1.807) is 12.1 Å². The number of nitrogens with one attached hydrogen (secondary N) is 1. The molecule has 0 spiro atoms. The Kier molecular flexibility index (Phi) is 6.26. The predicted molar refractivity (Wildman–Crippen MR) is 133 cm³/mol. The van der Waals surface area contributed by atoms with Crippen molar-refractivity contribution in [2.24, 2.45) is 0 Å². The van der Waals surface area contributed by atoms with E-state index >= 15 is 0 Å². The highest BCUT2D eigenvalue weighted by Gasteiger charge is 2.25. The molecule has 0 radical (unpaired) electrons. The van der Waals surface area contributed by atoms with Gasteiger partial charge >= 0.3 is 5.97 Å². The second-order valence-electron chi connectivity index (χ2n) is 7.70. The Hall–Kier alpha value is -3.75. The fraction of sp³-hybridized carbons (Fsp3) is 0.115. The van der Waals surface area contributed by atoms with Gasteiger partial charge in [0.1, 0.15) is 11.8 Å². The number of hydrogen-bond donors (Lipinski definition) is 2. The molecule has 0 bridgehead atoms. The van der Waals surface area contributed by atoms with Gasteiger partial charge in [-0.2, -0.15) is 0 Å². The SMILES string of the molecule is [2H]C([2H])([2H])Oc1cc(F)c(F)cc1-c1ccc(C[C@H](NC(=O)c2c(Cl)cccc2Cl)C(=O)O)c2ncccc12. The molecule has 0 saturated carbocycles. The Morgan fingerprint density at radius 2 is 1.81 bits per heavy atom. The number of carbonyl (C=O) groups excluding carboxylic acids is 1. The van der Waals surface area contributed by atoms with E-state index in [-0.39, 0.29) is 38.7 Å². The zero-order chi connectivity index (χ0) is 28.5. The first kappa shape index (κ1) is 21.5. The normalized spacial score (nSPS) is 13.4. The molecule has 36 heavy (non-hydrogen) atoms. The standard InChI is InChI=1S/C26H18Cl2F2N2O4/c1-36-22-12-20(30)19(29)11-16(22)14-8-7-13(24-15(14)4-3-9-31-24)10-21(26(34)35)32-25(33)23-17(27)5-2-6-18(23)28/h2-9,11-12,21H,10H2,1H3,(H,32,33)(H,34,35)/t21-/m0/s1/i1D3. The smallest absolute Gasteiger partial charge is 0.326 e. The van der Waals surface area contributed by atoms with Crippen LogP contribution < -0.4 is 10.1 Å². The number of methoxy groups -OCH3 is 1. The van der Waals surface area contributed by atoms with Gasteiger partial charge < -0.3 is 15.2 Å². The number of carbonyl (C=O) groups is 2. The van der Waals surface area contributed by atoms with Crippen molar-refractivity contribution in [3.05, 3.63) is 93.6 Å². The minimum absolute atomic E-state index is 0.0437. The van der Waals surface area contributed by atoms with E-state index in [2.05, 4.69) is 10.3 Å². The highest BCUT2D eigenvalue weighted by Crippen LogP contribution is 2.37. The van der Waals surface area contributed by atoms with Crippen molar-refractivity contribution in [1.82, 2.24) is 10.3 Å². The van der Waals surface area contributed by atoms with Crippen LogP contribution in [-0.2, 0) is 11.2 Å². The van der Waals surface area contributed by atoms with Crippen LogP contribution in [0.1, 0.15) is 20.0 Å². The molecule has 0 saturated heterocycles. The number of carboxylic acids is 1.